The fourth-order valence-corrected chi connectivity index (χ4v) is 2.35. The molecule has 0 amide bonds. The van der Waals surface area contributed by atoms with Gasteiger partial charge in [-0.15, -0.1) is 0 Å². The maximum atomic E-state index is 4.53. The lowest BCUT2D eigenvalue weighted by Gasteiger charge is -2.15. The van der Waals surface area contributed by atoms with Crippen LogP contribution in [0.1, 0.15) is 43.9 Å². The molecule has 0 bridgehead atoms. The normalized spacial score (nSPS) is 15.9. The quantitative estimate of drug-likeness (QED) is 0.748. The number of nitrogens with zero attached hydrogens (tertiary/aromatic N) is 3. The summed E-state index contributed by atoms with van der Waals surface area (Å²) in [6.07, 6.45) is 4.90. The van der Waals surface area contributed by atoms with Crippen molar-refractivity contribution in [3.63, 3.8) is 0 Å². The Bertz CT molecular complexity index is 379. The summed E-state index contributed by atoms with van der Waals surface area (Å²) in [5.41, 5.74) is 2.56. The van der Waals surface area contributed by atoms with E-state index in [1.807, 2.05) is 11.7 Å². The average molecular weight is 250 g/mol. The van der Waals surface area contributed by atoms with Gasteiger partial charge in [0.2, 0.25) is 0 Å². The Morgan fingerprint density at radius 2 is 2.22 bits per heavy atom. The zero-order valence-corrected chi connectivity index (χ0v) is 12.1. The lowest BCUT2D eigenvalue weighted by atomic mass is 10.1. The van der Waals surface area contributed by atoms with E-state index in [2.05, 4.69) is 42.4 Å². The van der Waals surface area contributed by atoms with Crippen LogP contribution in [0.15, 0.2) is 6.20 Å². The SMILES string of the molecule is CC(C)c1nn(C)cc1CNCCN(C)C1CC1. The molecule has 0 aromatic carbocycles. The van der Waals surface area contributed by atoms with Crippen molar-refractivity contribution in [2.24, 2.45) is 7.05 Å². The van der Waals surface area contributed by atoms with Gasteiger partial charge in [0.1, 0.15) is 0 Å². The predicted molar refractivity (Wildman–Crippen MR) is 74.7 cm³/mol. The number of aromatic nitrogens is 2. The van der Waals surface area contributed by atoms with Crippen molar-refractivity contribution in [1.29, 1.82) is 0 Å². The fraction of sp³-hybridized carbons (Fsp3) is 0.786. The summed E-state index contributed by atoms with van der Waals surface area (Å²) in [5, 5.41) is 8.06. The van der Waals surface area contributed by atoms with E-state index in [1.54, 1.807) is 0 Å². The summed E-state index contributed by atoms with van der Waals surface area (Å²) >= 11 is 0. The highest BCUT2D eigenvalue weighted by Gasteiger charge is 2.25. The molecule has 1 saturated carbocycles. The van der Waals surface area contributed by atoms with Crippen LogP contribution < -0.4 is 5.32 Å². The van der Waals surface area contributed by atoms with Gasteiger partial charge >= 0.3 is 0 Å². The molecule has 1 N–H and O–H groups in total. The third-order valence-electron chi connectivity index (χ3n) is 3.61. The van der Waals surface area contributed by atoms with E-state index in [1.165, 1.54) is 24.1 Å². The molecule has 1 fully saturated rings. The number of hydrogen-bond donors (Lipinski definition) is 1. The zero-order chi connectivity index (χ0) is 13.1. The minimum Gasteiger partial charge on any atom is -0.311 e. The molecule has 1 aromatic heterocycles. The maximum Gasteiger partial charge on any atom is 0.0694 e. The first-order valence-corrected chi connectivity index (χ1v) is 7.01. The van der Waals surface area contributed by atoms with Crippen LogP contribution in [0, 0.1) is 0 Å². The smallest absolute Gasteiger partial charge is 0.0694 e. The molecular weight excluding hydrogens is 224 g/mol. The zero-order valence-electron chi connectivity index (χ0n) is 12.1. The van der Waals surface area contributed by atoms with Crippen molar-refractivity contribution in [1.82, 2.24) is 20.0 Å². The molecule has 2 rings (SSSR count). The molecule has 0 aliphatic heterocycles. The topological polar surface area (TPSA) is 33.1 Å². The van der Waals surface area contributed by atoms with Crippen LogP contribution in [0.2, 0.25) is 0 Å². The van der Waals surface area contributed by atoms with Gasteiger partial charge in [-0.3, -0.25) is 4.68 Å². The van der Waals surface area contributed by atoms with Gasteiger partial charge in [0.25, 0.3) is 0 Å². The largest absolute Gasteiger partial charge is 0.311 e. The van der Waals surface area contributed by atoms with Crippen LogP contribution in [0.4, 0.5) is 0 Å². The summed E-state index contributed by atoms with van der Waals surface area (Å²) in [4.78, 5) is 2.46. The van der Waals surface area contributed by atoms with Crippen molar-refractivity contribution in [2.75, 3.05) is 20.1 Å². The van der Waals surface area contributed by atoms with Crippen molar-refractivity contribution in [3.8, 4) is 0 Å². The molecule has 0 unspecified atom stereocenters. The summed E-state index contributed by atoms with van der Waals surface area (Å²) in [5.74, 6) is 0.497. The molecule has 0 spiro atoms. The first kappa shape index (κ1) is 13.6. The van der Waals surface area contributed by atoms with Gasteiger partial charge in [0.15, 0.2) is 0 Å². The fourth-order valence-electron chi connectivity index (χ4n) is 2.35. The highest BCUT2D eigenvalue weighted by Crippen LogP contribution is 2.24. The van der Waals surface area contributed by atoms with Crippen LogP contribution in [-0.2, 0) is 13.6 Å². The highest BCUT2D eigenvalue weighted by atomic mass is 15.3. The Balaban J connectivity index is 1.75. The van der Waals surface area contributed by atoms with E-state index in [4.69, 9.17) is 0 Å². The van der Waals surface area contributed by atoms with Gasteiger partial charge in [0.05, 0.1) is 5.69 Å². The molecule has 0 radical (unpaired) electrons. The van der Waals surface area contributed by atoms with Crippen molar-refractivity contribution in [3.05, 3.63) is 17.5 Å². The summed E-state index contributed by atoms with van der Waals surface area (Å²) in [7, 11) is 4.22. The second kappa shape index (κ2) is 5.85. The van der Waals surface area contributed by atoms with Crippen LogP contribution in [-0.4, -0.2) is 40.9 Å². The maximum absolute atomic E-state index is 4.53. The first-order valence-electron chi connectivity index (χ1n) is 7.01. The summed E-state index contributed by atoms with van der Waals surface area (Å²) < 4.78 is 1.92. The molecule has 18 heavy (non-hydrogen) atoms. The highest BCUT2D eigenvalue weighted by molar-refractivity contribution is 5.19. The Kier molecular flexibility index (Phi) is 4.40. The number of likely N-dealkylation sites (N-methyl/N-ethyl adjacent to an activating group) is 1. The van der Waals surface area contributed by atoms with E-state index in [0.29, 0.717) is 5.92 Å². The van der Waals surface area contributed by atoms with E-state index in [-0.39, 0.29) is 0 Å². The third kappa shape index (κ3) is 3.56. The lowest BCUT2D eigenvalue weighted by Crippen LogP contribution is -2.30. The van der Waals surface area contributed by atoms with Gasteiger partial charge in [0, 0.05) is 44.5 Å². The van der Waals surface area contributed by atoms with Crippen LogP contribution in [0.5, 0.6) is 0 Å². The van der Waals surface area contributed by atoms with E-state index in [9.17, 15) is 0 Å². The Morgan fingerprint density at radius 3 is 2.83 bits per heavy atom. The van der Waals surface area contributed by atoms with E-state index in [0.717, 1.165) is 25.7 Å². The third-order valence-corrected chi connectivity index (χ3v) is 3.61. The monoisotopic (exact) mass is 250 g/mol. The molecule has 1 aliphatic rings. The lowest BCUT2D eigenvalue weighted by molar-refractivity contribution is 0.321. The minimum absolute atomic E-state index is 0.497. The molecule has 102 valence electrons. The average Bonchev–Trinajstić information content (AvgIpc) is 3.08. The van der Waals surface area contributed by atoms with Gasteiger partial charge in [-0.1, -0.05) is 13.8 Å². The van der Waals surface area contributed by atoms with E-state index < -0.39 is 0 Å². The summed E-state index contributed by atoms with van der Waals surface area (Å²) in [6.45, 7) is 7.53. The molecule has 4 heteroatoms. The second-order valence-corrected chi connectivity index (χ2v) is 5.76. The Hall–Kier alpha value is -0.870. The van der Waals surface area contributed by atoms with Gasteiger partial charge in [-0.25, -0.2) is 0 Å². The molecule has 4 nitrogen and oxygen atoms in total. The van der Waals surface area contributed by atoms with Crippen LogP contribution >= 0.6 is 0 Å². The molecule has 0 saturated heterocycles. The van der Waals surface area contributed by atoms with Crippen molar-refractivity contribution in [2.45, 2.75) is 45.2 Å². The second-order valence-electron chi connectivity index (χ2n) is 5.76. The Morgan fingerprint density at radius 1 is 1.50 bits per heavy atom. The Labute approximate surface area is 110 Å². The van der Waals surface area contributed by atoms with Crippen molar-refractivity contribution < 1.29 is 0 Å². The molecular formula is C14H26N4. The number of nitrogens with one attached hydrogen (secondary N) is 1. The number of rotatable bonds is 7. The number of hydrogen-bond acceptors (Lipinski definition) is 3. The molecule has 1 aromatic rings. The number of aryl methyl sites for hydroxylation is 1. The van der Waals surface area contributed by atoms with Gasteiger partial charge in [-0.2, -0.15) is 5.10 Å². The van der Waals surface area contributed by atoms with Crippen LogP contribution in [0.25, 0.3) is 0 Å². The minimum atomic E-state index is 0.497. The van der Waals surface area contributed by atoms with Gasteiger partial charge < -0.3 is 10.2 Å². The molecule has 1 aliphatic carbocycles. The molecule has 0 atom stereocenters. The first-order chi connectivity index (χ1) is 8.58. The standard InChI is InChI=1S/C14H26N4/c1-11(2)14-12(10-18(4)16-14)9-15-7-8-17(3)13-5-6-13/h10-11,13,15H,5-9H2,1-4H3. The molecule has 1 heterocycles. The van der Waals surface area contributed by atoms with Crippen molar-refractivity contribution >= 4 is 0 Å². The summed E-state index contributed by atoms with van der Waals surface area (Å²) in [6, 6.07) is 0.858. The predicted octanol–water partition coefficient (Wildman–Crippen LogP) is 1.73. The van der Waals surface area contributed by atoms with Gasteiger partial charge in [-0.05, 0) is 25.8 Å². The van der Waals surface area contributed by atoms with Crippen LogP contribution in [0.3, 0.4) is 0 Å². The van der Waals surface area contributed by atoms with E-state index >= 15 is 0 Å².